The number of nitrogens with zero attached hydrogens (tertiary/aromatic N) is 1. The fourth-order valence-electron chi connectivity index (χ4n) is 1.66. The number of carbonyl (C=O) groups excluding carboxylic acids is 2. The fraction of sp³-hybridized carbons (Fsp3) is 0.429. The van der Waals surface area contributed by atoms with Crippen molar-refractivity contribution in [1.82, 2.24) is 4.90 Å². The van der Waals surface area contributed by atoms with Crippen LogP contribution in [-0.4, -0.2) is 43.9 Å². The highest BCUT2D eigenvalue weighted by molar-refractivity contribution is 6.01. The Morgan fingerprint density at radius 2 is 1.78 bits per heavy atom. The second-order valence-electron chi connectivity index (χ2n) is 4.49. The molecule has 1 unspecified atom stereocenters. The van der Waals surface area contributed by atoms with Gasteiger partial charge in [0.25, 0.3) is 0 Å². The van der Waals surface area contributed by atoms with Crippen LogP contribution < -0.4 is 0 Å². The third-order valence-corrected chi connectivity index (χ3v) is 2.85. The first-order chi connectivity index (χ1) is 8.45. The van der Waals surface area contributed by atoms with Crippen molar-refractivity contribution in [2.45, 2.75) is 19.4 Å². The molecular weight excluding hydrogens is 230 g/mol. The van der Waals surface area contributed by atoms with Crippen LogP contribution in [0.15, 0.2) is 24.3 Å². The molecule has 0 amide bonds. The Morgan fingerprint density at radius 3 is 2.22 bits per heavy atom. The molecule has 0 bridgehead atoms. The van der Waals surface area contributed by atoms with Gasteiger partial charge in [-0.25, -0.2) is 0 Å². The number of ether oxygens (including phenoxy) is 1. The van der Waals surface area contributed by atoms with Crippen molar-refractivity contribution in [3.63, 3.8) is 0 Å². The molecule has 0 radical (unpaired) electrons. The van der Waals surface area contributed by atoms with Crippen molar-refractivity contribution < 1.29 is 14.3 Å². The first-order valence-electron chi connectivity index (χ1n) is 5.80. The van der Waals surface area contributed by atoms with E-state index in [1.54, 1.807) is 31.1 Å². The van der Waals surface area contributed by atoms with Crippen LogP contribution in [0.25, 0.3) is 0 Å². The average Bonchev–Trinajstić information content (AvgIpc) is 2.35. The molecule has 4 nitrogen and oxygen atoms in total. The standard InChI is InChI=1S/C14H19NO3/c1-10-5-7-11(8-6-10)14(17)12(15(2)3)9-13(16)18-4/h5-8,12H,9H2,1-4H3. The Morgan fingerprint density at radius 1 is 1.22 bits per heavy atom. The van der Waals surface area contributed by atoms with Gasteiger partial charge < -0.3 is 4.74 Å². The van der Waals surface area contributed by atoms with Crippen molar-refractivity contribution in [1.29, 1.82) is 0 Å². The highest BCUT2D eigenvalue weighted by atomic mass is 16.5. The Balaban J connectivity index is 2.89. The molecule has 18 heavy (non-hydrogen) atoms. The smallest absolute Gasteiger partial charge is 0.307 e. The Hall–Kier alpha value is -1.68. The maximum atomic E-state index is 12.3. The number of likely N-dealkylation sites (N-methyl/N-ethyl adjacent to an activating group) is 1. The molecule has 0 fully saturated rings. The minimum absolute atomic E-state index is 0.0644. The minimum atomic E-state index is -0.486. The molecule has 0 aromatic heterocycles. The summed E-state index contributed by atoms with van der Waals surface area (Å²) >= 11 is 0. The van der Waals surface area contributed by atoms with Crippen LogP contribution in [0.1, 0.15) is 22.3 Å². The second kappa shape index (κ2) is 6.31. The molecule has 98 valence electrons. The van der Waals surface area contributed by atoms with E-state index in [-0.39, 0.29) is 18.2 Å². The number of aryl methyl sites for hydroxylation is 1. The Kier molecular flexibility index (Phi) is 5.04. The van der Waals surface area contributed by atoms with Gasteiger partial charge in [0.2, 0.25) is 0 Å². The summed E-state index contributed by atoms with van der Waals surface area (Å²) in [5.74, 6) is -0.445. The van der Waals surface area contributed by atoms with E-state index in [2.05, 4.69) is 4.74 Å². The van der Waals surface area contributed by atoms with Crippen LogP contribution >= 0.6 is 0 Å². The van der Waals surface area contributed by atoms with E-state index in [1.807, 2.05) is 19.1 Å². The zero-order valence-corrected chi connectivity index (χ0v) is 11.3. The van der Waals surface area contributed by atoms with Gasteiger partial charge >= 0.3 is 5.97 Å². The molecule has 0 aliphatic heterocycles. The summed E-state index contributed by atoms with van der Waals surface area (Å²) in [6.45, 7) is 1.96. The van der Waals surface area contributed by atoms with Crippen molar-refractivity contribution in [2.24, 2.45) is 0 Å². The van der Waals surface area contributed by atoms with Crippen LogP contribution in [-0.2, 0) is 9.53 Å². The molecule has 4 heteroatoms. The van der Waals surface area contributed by atoms with E-state index < -0.39 is 6.04 Å². The number of carbonyl (C=O) groups is 2. The van der Waals surface area contributed by atoms with Crippen LogP contribution in [0.3, 0.4) is 0 Å². The number of methoxy groups -OCH3 is 1. The topological polar surface area (TPSA) is 46.6 Å². The predicted octanol–water partition coefficient (Wildman–Crippen LogP) is 1.67. The number of esters is 1. The zero-order valence-electron chi connectivity index (χ0n) is 11.3. The van der Waals surface area contributed by atoms with Gasteiger partial charge in [-0.1, -0.05) is 29.8 Å². The summed E-state index contributed by atoms with van der Waals surface area (Å²) < 4.78 is 4.62. The van der Waals surface area contributed by atoms with E-state index in [1.165, 1.54) is 7.11 Å². The van der Waals surface area contributed by atoms with Gasteiger partial charge in [0.05, 0.1) is 19.6 Å². The second-order valence-corrected chi connectivity index (χ2v) is 4.49. The highest BCUT2D eigenvalue weighted by Gasteiger charge is 2.25. The predicted molar refractivity (Wildman–Crippen MR) is 69.6 cm³/mol. The monoisotopic (exact) mass is 249 g/mol. The molecule has 1 atom stereocenters. The molecule has 0 N–H and O–H groups in total. The normalized spacial score (nSPS) is 12.3. The summed E-state index contributed by atoms with van der Waals surface area (Å²) in [6.07, 6.45) is 0.0657. The van der Waals surface area contributed by atoms with Crippen molar-refractivity contribution in [2.75, 3.05) is 21.2 Å². The number of ketones is 1. The van der Waals surface area contributed by atoms with E-state index in [0.717, 1.165) is 5.56 Å². The summed E-state index contributed by atoms with van der Waals surface area (Å²) in [7, 11) is 4.88. The van der Waals surface area contributed by atoms with Gasteiger partial charge in [0, 0.05) is 5.56 Å². The van der Waals surface area contributed by atoms with Crippen molar-refractivity contribution in [3.8, 4) is 0 Å². The van der Waals surface area contributed by atoms with Crippen LogP contribution in [0, 0.1) is 6.92 Å². The maximum absolute atomic E-state index is 12.3. The van der Waals surface area contributed by atoms with Gasteiger partial charge in [-0.3, -0.25) is 14.5 Å². The van der Waals surface area contributed by atoms with Crippen LogP contribution in [0.5, 0.6) is 0 Å². The van der Waals surface area contributed by atoms with Crippen LogP contribution in [0.4, 0.5) is 0 Å². The zero-order chi connectivity index (χ0) is 13.7. The maximum Gasteiger partial charge on any atom is 0.307 e. The molecule has 0 saturated carbocycles. The lowest BCUT2D eigenvalue weighted by atomic mass is 10.00. The molecule has 1 rings (SSSR count). The molecule has 0 heterocycles. The summed E-state index contributed by atoms with van der Waals surface area (Å²) in [5.41, 5.74) is 1.71. The van der Waals surface area contributed by atoms with Crippen molar-refractivity contribution in [3.05, 3.63) is 35.4 Å². The third-order valence-electron chi connectivity index (χ3n) is 2.85. The van der Waals surface area contributed by atoms with E-state index in [4.69, 9.17) is 0 Å². The third kappa shape index (κ3) is 3.67. The lowest BCUT2D eigenvalue weighted by molar-refractivity contribution is -0.141. The largest absolute Gasteiger partial charge is 0.469 e. The Bertz CT molecular complexity index is 423. The van der Waals surface area contributed by atoms with Crippen LogP contribution in [0.2, 0.25) is 0 Å². The quantitative estimate of drug-likeness (QED) is 0.588. The molecule has 0 spiro atoms. The van der Waals surface area contributed by atoms with Crippen molar-refractivity contribution >= 4 is 11.8 Å². The lowest BCUT2D eigenvalue weighted by Gasteiger charge is -2.22. The SMILES string of the molecule is COC(=O)CC(C(=O)c1ccc(C)cc1)N(C)C. The molecule has 1 aromatic carbocycles. The molecule has 0 aliphatic carbocycles. The first-order valence-corrected chi connectivity index (χ1v) is 5.80. The number of benzene rings is 1. The highest BCUT2D eigenvalue weighted by Crippen LogP contribution is 2.12. The van der Waals surface area contributed by atoms with E-state index >= 15 is 0 Å². The summed E-state index contributed by atoms with van der Waals surface area (Å²) in [6, 6.07) is 6.85. The fourth-order valence-corrected chi connectivity index (χ4v) is 1.66. The molecule has 0 saturated heterocycles. The Labute approximate surface area is 108 Å². The molecular formula is C14H19NO3. The summed E-state index contributed by atoms with van der Waals surface area (Å²) in [5, 5.41) is 0. The average molecular weight is 249 g/mol. The molecule has 1 aromatic rings. The van der Waals surface area contributed by atoms with E-state index in [0.29, 0.717) is 5.56 Å². The number of rotatable bonds is 5. The first kappa shape index (κ1) is 14.4. The molecule has 0 aliphatic rings. The van der Waals surface area contributed by atoms with E-state index in [9.17, 15) is 9.59 Å². The summed E-state index contributed by atoms with van der Waals surface area (Å²) in [4.78, 5) is 25.4. The van der Waals surface area contributed by atoms with Gasteiger partial charge in [0.1, 0.15) is 0 Å². The number of hydrogen-bond donors (Lipinski definition) is 0. The number of hydrogen-bond acceptors (Lipinski definition) is 4. The van der Waals surface area contributed by atoms with Gasteiger partial charge in [-0.15, -0.1) is 0 Å². The van der Waals surface area contributed by atoms with Gasteiger partial charge in [-0.05, 0) is 21.0 Å². The van der Waals surface area contributed by atoms with Gasteiger partial charge in [0.15, 0.2) is 5.78 Å². The minimum Gasteiger partial charge on any atom is -0.469 e. The van der Waals surface area contributed by atoms with Gasteiger partial charge in [-0.2, -0.15) is 0 Å². The number of Topliss-reactive ketones (excluding diaryl/α,β-unsaturated/α-hetero) is 1. The lowest BCUT2D eigenvalue weighted by Crippen LogP contribution is -2.38.